The van der Waals surface area contributed by atoms with Gasteiger partial charge in [-0.1, -0.05) is 108 Å². The van der Waals surface area contributed by atoms with Crippen LogP contribution in [-0.4, -0.2) is 75.5 Å². The monoisotopic (exact) mass is 975 g/mol. The van der Waals surface area contributed by atoms with E-state index in [0.29, 0.717) is 35.3 Å². The normalized spacial score (nSPS) is 25.9. The second kappa shape index (κ2) is 24.4. The largest absolute Gasteiger partial charge is 0.508 e. The van der Waals surface area contributed by atoms with Gasteiger partial charge in [-0.05, 0) is 158 Å². The van der Waals surface area contributed by atoms with Crippen molar-refractivity contribution in [3.8, 4) is 23.0 Å². The molecule has 0 radical (unpaired) electrons. The molecule has 3 saturated carbocycles. The Kier molecular flexibility index (Phi) is 18.3. The lowest BCUT2D eigenvalue weighted by Crippen LogP contribution is -2.51. The van der Waals surface area contributed by atoms with Crippen LogP contribution in [-0.2, 0) is 27.3 Å². The molecule has 71 heavy (non-hydrogen) atoms. The topological polar surface area (TPSA) is 165 Å². The SMILES string of the molecule is COc1cc(/C=C/C(=O)C(Cc2cn(CCCCCCNC(=O)CO[C@H]3CC[C@@]4(C)C(=CC[C@H]5[C@@H]6CC[C@H]([C@H](C)CCCC(C)C)[C@@]6(C)CC[C@@H]54)C3)nn2)=C(O)/C=C/c2ccc(O)c(OC)c2)ccc1O. The van der Waals surface area contributed by atoms with E-state index in [4.69, 9.17) is 14.2 Å². The number of benzene rings is 2. The number of aryl methyl sites for hydroxylation is 1. The summed E-state index contributed by atoms with van der Waals surface area (Å²) in [4.78, 5) is 26.5. The Morgan fingerprint density at radius 3 is 2.27 bits per heavy atom. The van der Waals surface area contributed by atoms with Crippen molar-refractivity contribution < 1.29 is 39.1 Å². The lowest BCUT2D eigenvalue weighted by molar-refractivity contribution is -0.129. The summed E-state index contributed by atoms with van der Waals surface area (Å²) in [6.07, 6.45) is 28.2. The van der Waals surface area contributed by atoms with E-state index in [1.54, 1.807) is 52.9 Å². The Morgan fingerprint density at radius 1 is 0.859 bits per heavy atom. The van der Waals surface area contributed by atoms with Gasteiger partial charge in [-0.2, -0.15) is 0 Å². The van der Waals surface area contributed by atoms with E-state index in [0.717, 1.165) is 80.5 Å². The van der Waals surface area contributed by atoms with Crippen LogP contribution in [0.15, 0.2) is 77.7 Å². The molecule has 2 aromatic carbocycles. The first-order chi connectivity index (χ1) is 34.1. The van der Waals surface area contributed by atoms with Crippen LogP contribution in [0.2, 0.25) is 0 Å². The van der Waals surface area contributed by atoms with E-state index in [2.05, 4.69) is 56.3 Å². The zero-order valence-electron chi connectivity index (χ0n) is 43.6. The molecule has 3 fully saturated rings. The van der Waals surface area contributed by atoms with Crippen LogP contribution < -0.4 is 14.8 Å². The fourth-order valence-electron chi connectivity index (χ4n) is 13.2. The molecule has 7 rings (SSSR count). The quantitative estimate of drug-likeness (QED) is 0.0223. The molecule has 0 aliphatic heterocycles. The van der Waals surface area contributed by atoms with Gasteiger partial charge in [0.05, 0.1) is 26.0 Å². The number of hydrogen-bond donors (Lipinski definition) is 4. The molecule has 4 N–H and O–H groups in total. The summed E-state index contributed by atoms with van der Waals surface area (Å²) in [7, 11) is 2.90. The van der Waals surface area contributed by atoms with E-state index in [9.17, 15) is 24.9 Å². The molecule has 386 valence electrons. The maximum absolute atomic E-state index is 13.6. The van der Waals surface area contributed by atoms with Crippen LogP contribution in [0.3, 0.4) is 0 Å². The van der Waals surface area contributed by atoms with Gasteiger partial charge in [0.2, 0.25) is 5.91 Å². The number of rotatable bonds is 24. The number of fused-ring (bicyclic) bond motifs is 5. The number of nitrogens with zero attached hydrogens (tertiary/aromatic N) is 3. The minimum absolute atomic E-state index is 0.0130. The summed E-state index contributed by atoms with van der Waals surface area (Å²) in [5.74, 6) is 4.75. The van der Waals surface area contributed by atoms with Gasteiger partial charge < -0.3 is 34.8 Å². The van der Waals surface area contributed by atoms with Crippen LogP contribution >= 0.6 is 0 Å². The average molecular weight is 975 g/mol. The number of phenols is 2. The Hall–Kier alpha value is -5.36. The van der Waals surface area contributed by atoms with Crippen molar-refractivity contribution in [3.63, 3.8) is 0 Å². The number of nitrogens with one attached hydrogen (secondary N) is 1. The first kappa shape index (κ1) is 53.4. The van der Waals surface area contributed by atoms with Crippen LogP contribution in [0.25, 0.3) is 12.2 Å². The number of aliphatic hydroxyl groups excluding tert-OH is 1. The van der Waals surface area contributed by atoms with Crippen LogP contribution in [0.5, 0.6) is 23.0 Å². The lowest BCUT2D eigenvalue weighted by Gasteiger charge is -2.58. The number of methoxy groups -OCH3 is 2. The van der Waals surface area contributed by atoms with Crippen molar-refractivity contribution in [1.29, 1.82) is 0 Å². The molecule has 4 aliphatic carbocycles. The molecule has 0 spiro atoms. The Labute approximate surface area is 423 Å². The number of aromatic nitrogens is 3. The van der Waals surface area contributed by atoms with Crippen LogP contribution in [0, 0.1) is 46.3 Å². The highest BCUT2D eigenvalue weighted by Gasteiger charge is 2.59. The fourth-order valence-corrected chi connectivity index (χ4v) is 13.2. The smallest absolute Gasteiger partial charge is 0.246 e. The number of ketones is 1. The Bertz CT molecular complexity index is 2420. The van der Waals surface area contributed by atoms with Gasteiger partial charge in [0.1, 0.15) is 12.4 Å². The van der Waals surface area contributed by atoms with Crippen molar-refractivity contribution in [2.75, 3.05) is 27.4 Å². The van der Waals surface area contributed by atoms with E-state index >= 15 is 0 Å². The lowest BCUT2D eigenvalue weighted by atomic mass is 9.47. The molecule has 1 aromatic heterocycles. The summed E-state index contributed by atoms with van der Waals surface area (Å²) in [5, 5.41) is 42.9. The number of amides is 1. The summed E-state index contributed by atoms with van der Waals surface area (Å²) in [6.45, 7) is 13.9. The zero-order valence-corrected chi connectivity index (χ0v) is 43.6. The molecule has 1 amide bonds. The third kappa shape index (κ3) is 13.2. The van der Waals surface area contributed by atoms with Crippen molar-refractivity contribution >= 4 is 23.8 Å². The molecule has 3 aromatic rings. The molecule has 0 unspecified atom stereocenters. The van der Waals surface area contributed by atoms with Crippen molar-refractivity contribution in [2.45, 2.75) is 150 Å². The van der Waals surface area contributed by atoms with E-state index in [-0.39, 0.29) is 64.8 Å². The molecular weight excluding hydrogens is 893 g/mol. The second-order valence-corrected chi connectivity index (χ2v) is 22.1. The van der Waals surface area contributed by atoms with Gasteiger partial charge in [0.25, 0.3) is 0 Å². The second-order valence-electron chi connectivity index (χ2n) is 22.1. The minimum Gasteiger partial charge on any atom is -0.508 e. The number of unbranched alkanes of at least 4 members (excludes halogenated alkanes) is 3. The molecular formula is C59H82N4O8. The summed E-state index contributed by atoms with van der Waals surface area (Å²) >= 11 is 0. The van der Waals surface area contributed by atoms with Gasteiger partial charge in [0.15, 0.2) is 28.8 Å². The molecule has 8 atom stereocenters. The number of allylic oxidation sites excluding steroid dienone is 4. The molecule has 12 nitrogen and oxygen atoms in total. The highest BCUT2D eigenvalue weighted by atomic mass is 16.5. The molecule has 4 aliphatic rings. The molecule has 1 heterocycles. The van der Waals surface area contributed by atoms with Gasteiger partial charge in [-0.3, -0.25) is 14.3 Å². The van der Waals surface area contributed by atoms with Crippen LogP contribution in [0.1, 0.15) is 148 Å². The highest BCUT2D eigenvalue weighted by molar-refractivity contribution is 6.07. The van der Waals surface area contributed by atoms with Crippen molar-refractivity contribution in [3.05, 3.63) is 94.5 Å². The number of ether oxygens (including phenoxy) is 3. The number of carbonyl (C=O) groups excluding carboxylic acids is 2. The Morgan fingerprint density at radius 2 is 1.56 bits per heavy atom. The average Bonchev–Trinajstić information content (AvgIpc) is 3.97. The van der Waals surface area contributed by atoms with Crippen LogP contribution in [0.4, 0.5) is 0 Å². The first-order valence-electron chi connectivity index (χ1n) is 26.6. The minimum atomic E-state index is -0.437. The maximum Gasteiger partial charge on any atom is 0.246 e. The molecule has 12 heteroatoms. The number of phenolic OH excluding ortho intramolecular Hbond substituents is 2. The summed E-state index contributed by atoms with van der Waals surface area (Å²) in [6, 6.07) is 9.50. The highest BCUT2D eigenvalue weighted by Crippen LogP contribution is 2.67. The predicted octanol–water partition coefficient (Wildman–Crippen LogP) is 12.2. The fraction of sp³-hybridized carbons (Fsp3) is 0.593. The summed E-state index contributed by atoms with van der Waals surface area (Å²) < 4.78 is 18.4. The van der Waals surface area contributed by atoms with Gasteiger partial charge in [-0.15, -0.1) is 5.10 Å². The third-order valence-corrected chi connectivity index (χ3v) is 17.2. The zero-order chi connectivity index (χ0) is 50.7. The molecule has 0 saturated heterocycles. The third-order valence-electron chi connectivity index (χ3n) is 17.2. The van der Waals surface area contributed by atoms with Gasteiger partial charge in [0, 0.05) is 31.3 Å². The van der Waals surface area contributed by atoms with Gasteiger partial charge in [-0.25, -0.2) is 0 Å². The van der Waals surface area contributed by atoms with E-state index in [1.807, 2.05) is 0 Å². The number of carbonyl (C=O) groups is 2. The first-order valence-corrected chi connectivity index (χ1v) is 26.6. The molecule has 0 bridgehead atoms. The Balaban J connectivity index is 0.827. The number of hydrogen-bond acceptors (Lipinski definition) is 10. The van der Waals surface area contributed by atoms with E-state index in [1.165, 1.54) is 89.9 Å². The van der Waals surface area contributed by atoms with Gasteiger partial charge >= 0.3 is 0 Å². The summed E-state index contributed by atoms with van der Waals surface area (Å²) in [5.41, 5.74) is 4.26. The number of aliphatic hydroxyl groups is 1. The maximum atomic E-state index is 13.6. The van der Waals surface area contributed by atoms with Crippen molar-refractivity contribution in [1.82, 2.24) is 20.3 Å². The predicted molar refractivity (Wildman–Crippen MR) is 280 cm³/mol. The van der Waals surface area contributed by atoms with Crippen molar-refractivity contribution in [2.24, 2.45) is 46.3 Å². The van der Waals surface area contributed by atoms with E-state index < -0.39 is 5.78 Å². The standard InChI is InChI=1S/C59H82N4O8/c1-39(2)13-12-14-40(3)48-21-22-49-46-20-19-43-35-45(27-29-58(43,4)50(46)28-30-59(48,49)5)71-38-57(68)60-31-10-8-9-11-32-63-37-44(61-62-63)36-47(51(64)23-15-41-17-25-53(66)55(33-41)69-6)52(65)24-16-42-18-26-54(67)56(34-42)70-7/h15-19,23-26,33-34,37,39-40,45-46,48-50,64,66-67H,8-14,20-22,27-32,35-36,38H2,1-7H3,(H,60,68)/b23-15+,24-16+,51-47?/t40-,45+,46+,48-,49+,50+,58+,59-/m1/s1. The number of aromatic hydroxyl groups is 2.